The summed E-state index contributed by atoms with van der Waals surface area (Å²) in [5.41, 5.74) is 0. The number of aliphatic hydroxyl groups is 1. The Kier molecular flexibility index (Phi) is 3.44. The standard InChI is InChI=1S/C11H17N3O3/c1-2-8(11(16)17)13-6-9(10(15)7-13)14-5-3-4-12-14/h3-5,8-10,15H,2,6-7H2,1H3,(H,16,17)/t8-,9+,10-/m1/s1. The minimum atomic E-state index is -0.833. The van der Waals surface area contributed by atoms with E-state index >= 15 is 0 Å². The molecule has 17 heavy (non-hydrogen) atoms. The van der Waals surface area contributed by atoms with Crippen molar-refractivity contribution in [2.75, 3.05) is 13.1 Å². The lowest BCUT2D eigenvalue weighted by molar-refractivity contribution is -0.143. The Bertz CT molecular complexity index is 379. The molecule has 2 N–H and O–H groups in total. The van der Waals surface area contributed by atoms with Gasteiger partial charge in [0, 0.05) is 25.5 Å². The summed E-state index contributed by atoms with van der Waals surface area (Å²) in [4.78, 5) is 12.9. The van der Waals surface area contributed by atoms with Gasteiger partial charge in [-0.3, -0.25) is 14.4 Å². The zero-order valence-corrected chi connectivity index (χ0v) is 9.73. The number of aromatic nitrogens is 2. The zero-order valence-electron chi connectivity index (χ0n) is 9.73. The first-order chi connectivity index (χ1) is 8.13. The number of carboxylic acids is 1. The van der Waals surface area contributed by atoms with Crippen molar-refractivity contribution in [3.63, 3.8) is 0 Å². The van der Waals surface area contributed by atoms with Gasteiger partial charge in [-0.25, -0.2) is 0 Å². The molecule has 6 nitrogen and oxygen atoms in total. The molecule has 0 saturated carbocycles. The second-order valence-electron chi connectivity index (χ2n) is 4.34. The number of aliphatic carboxylic acids is 1. The highest BCUT2D eigenvalue weighted by atomic mass is 16.4. The van der Waals surface area contributed by atoms with Crippen molar-refractivity contribution in [2.24, 2.45) is 0 Å². The number of rotatable bonds is 4. The van der Waals surface area contributed by atoms with Gasteiger partial charge in [0.2, 0.25) is 0 Å². The number of β-amino-alcohol motifs (C(OH)–C–C–N with tert-alkyl or cyclic N) is 1. The maximum atomic E-state index is 11.1. The quantitative estimate of drug-likeness (QED) is 0.771. The van der Waals surface area contributed by atoms with Crippen molar-refractivity contribution in [3.8, 4) is 0 Å². The van der Waals surface area contributed by atoms with Crippen LogP contribution in [0, 0.1) is 0 Å². The van der Waals surface area contributed by atoms with Gasteiger partial charge in [-0.05, 0) is 12.5 Å². The number of carboxylic acid groups (broad SMARTS) is 1. The van der Waals surface area contributed by atoms with Crippen LogP contribution in [-0.2, 0) is 4.79 Å². The van der Waals surface area contributed by atoms with Crippen LogP contribution in [0.25, 0.3) is 0 Å². The van der Waals surface area contributed by atoms with Crippen LogP contribution in [0.4, 0.5) is 0 Å². The Hall–Kier alpha value is -1.40. The van der Waals surface area contributed by atoms with E-state index < -0.39 is 18.1 Å². The van der Waals surface area contributed by atoms with Crippen LogP contribution in [0.15, 0.2) is 18.5 Å². The number of hydrogen-bond donors (Lipinski definition) is 2. The first-order valence-corrected chi connectivity index (χ1v) is 5.77. The van der Waals surface area contributed by atoms with Gasteiger partial charge >= 0.3 is 5.97 Å². The average molecular weight is 239 g/mol. The third kappa shape index (κ3) is 2.32. The molecule has 2 heterocycles. The van der Waals surface area contributed by atoms with Gasteiger partial charge in [-0.1, -0.05) is 6.92 Å². The van der Waals surface area contributed by atoms with Crippen molar-refractivity contribution in [3.05, 3.63) is 18.5 Å². The molecule has 1 aliphatic rings. The van der Waals surface area contributed by atoms with Gasteiger partial charge in [0.25, 0.3) is 0 Å². The van der Waals surface area contributed by atoms with Crippen LogP contribution in [0.5, 0.6) is 0 Å². The minimum Gasteiger partial charge on any atom is -0.480 e. The van der Waals surface area contributed by atoms with Crippen LogP contribution in [0.1, 0.15) is 19.4 Å². The molecule has 1 aromatic heterocycles. The van der Waals surface area contributed by atoms with E-state index in [1.807, 2.05) is 6.92 Å². The van der Waals surface area contributed by atoms with E-state index in [9.17, 15) is 9.90 Å². The number of hydrogen-bond acceptors (Lipinski definition) is 4. The van der Waals surface area contributed by atoms with E-state index in [4.69, 9.17) is 5.11 Å². The molecule has 0 spiro atoms. The van der Waals surface area contributed by atoms with E-state index in [2.05, 4.69) is 5.10 Å². The molecule has 0 amide bonds. The van der Waals surface area contributed by atoms with Crippen LogP contribution in [0.3, 0.4) is 0 Å². The highest BCUT2D eigenvalue weighted by molar-refractivity contribution is 5.73. The summed E-state index contributed by atoms with van der Waals surface area (Å²) in [7, 11) is 0. The van der Waals surface area contributed by atoms with Crippen LogP contribution in [-0.4, -0.2) is 56.1 Å². The smallest absolute Gasteiger partial charge is 0.320 e. The monoisotopic (exact) mass is 239 g/mol. The van der Waals surface area contributed by atoms with E-state index in [1.54, 1.807) is 28.0 Å². The maximum absolute atomic E-state index is 11.1. The van der Waals surface area contributed by atoms with E-state index in [1.165, 1.54) is 0 Å². The Morgan fingerprint density at radius 2 is 2.35 bits per heavy atom. The summed E-state index contributed by atoms with van der Waals surface area (Å²) >= 11 is 0. The molecular formula is C11H17N3O3. The largest absolute Gasteiger partial charge is 0.480 e. The number of likely N-dealkylation sites (tertiary alicyclic amines) is 1. The maximum Gasteiger partial charge on any atom is 0.320 e. The van der Waals surface area contributed by atoms with Crippen molar-refractivity contribution in [2.45, 2.75) is 31.5 Å². The molecule has 0 radical (unpaired) electrons. The molecule has 0 aromatic carbocycles. The highest BCUT2D eigenvalue weighted by Crippen LogP contribution is 2.24. The average Bonchev–Trinajstić information content (AvgIpc) is 2.87. The number of aliphatic hydroxyl groups excluding tert-OH is 1. The van der Waals surface area contributed by atoms with Gasteiger partial charge < -0.3 is 10.2 Å². The lowest BCUT2D eigenvalue weighted by Gasteiger charge is -2.22. The summed E-state index contributed by atoms with van der Waals surface area (Å²) in [5.74, 6) is -0.833. The first kappa shape index (κ1) is 12.1. The van der Waals surface area contributed by atoms with Crippen molar-refractivity contribution in [1.82, 2.24) is 14.7 Å². The molecule has 3 atom stereocenters. The highest BCUT2D eigenvalue weighted by Gasteiger charge is 2.38. The van der Waals surface area contributed by atoms with Gasteiger partial charge in [0.05, 0.1) is 12.1 Å². The predicted molar refractivity (Wildman–Crippen MR) is 60.6 cm³/mol. The van der Waals surface area contributed by atoms with Crippen LogP contribution < -0.4 is 0 Å². The molecule has 0 unspecified atom stereocenters. The number of carbonyl (C=O) groups is 1. The number of nitrogens with zero attached hydrogens (tertiary/aromatic N) is 3. The Morgan fingerprint density at radius 3 is 2.88 bits per heavy atom. The third-order valence-corrected chi connectivity index (χ3v) is 3.26. The molecule has 1 aliphatic heterocycles. The fourth-order valence-electron chi connectivity index (χ4n) is 2.38. The molecule has 1 fully saturated rings. The second kappa shape index (κ2) is 4.85. The summed E-state index contributed by atoms with van der Waals surface area (Å²) < 4.78 is 1.69. The molecule has 2 rings (SSSR count). The lowest BCUT2D eigenvalue weighted by Crippen LogP contribution is -2.39. The first-order valence-electron chi connectivity index (χ1n) is 5.77. The SMILES string of the molecule is CC[C@H](C(=O)O)N1C[C@@H](O)[C@@H](n2cccn2)C1. The molecular weight excluding hydrogens is 222 g/mol. The zero-order chi connectivity index (χ0) is 12.4. The van der Waals surface area contributed by atoms with Crippen LogP contribution >= 0.6 is 0 Å². The van der Waals surface area contributed by atoms with Crippen molar-refractivity contribution < 1.29 is 15.0 Å². The Balaban J connectivity index is 2.09. The Morgan fingerprint density at radius 1 is 1.59 bits per heavy atom. The minimum absolute atomic E-state index is 0.154. The van der Waals surface area contributed by atoms with E-state index in [0.717, 1.165) is 0 Å². The normalized spacial score (nSPS) is 27.2. The van der Waals surface area contributed by atoms with Crippen LogP contribution in [0.2, 0.25) is 0 Å². The van der Waals surface area contributed by atoms with Gasteiger partial charge in [0.1, 0.15) is 6.04 Å². The Labute approximate surface area is 99.5 Å². The molecule has 0 bridgehead atoms. The van der Waals surface area contributed by atoms with Gasteiger partial charge in [0.15, 0.2) is 0 Å². The summed E-state index contributed by atoms with van der Waals surface area (Å²) in [6, 6.07) is 1.12. The fourth-order valence-corrected chi connectivity index (χ4v) is 2.38. The summed E-state index contributed by atoms with van der Waals surface area (Å²) in [5, 5.41) is 23.1. The molecule has 1 aromatic rings. The molecule has 94 valence electrons. The topological polar surface area (TPSA) is 78.6 Å². The lowest BCUT2D eigenvalue weighted by atomic mass is 10.2. The van der Waals surface area contributed by atoms with Crippen molar-refractivity contribution in [1.29, 1.82) is 0 Å². The molecule has 0 aliphatic carbocycles. The third-order valence-electron chi connectivity index (χ3n) is 3.26. The summed E-state index contributed by atoms with van der Waals surface area (Å²) in [6.07, 6.45) is 3.42. The summed E-state index contributed by atoms with van der Waals surface area (Å²) in [6.45, 7) is 2.75. The van der Waals surface area contributed by atoms with Crippen molar-refractivity contribution >= 4 is 5.97 Å². The van der Waals surface area contributed by atoms with E-state index in [0.29, 0.717) is 19.5 Å². The van der Waals surface area contributed by atoms with Gasteiger partial charge in [-0.15, -0.1) is 0 Å². The van der Waals surface area contributed by atoms with Gasteiger partial charge in [-0.2, -0.15) is 5.10 Å². The molecule has 1 saturated heterocycles. The second-order valence-corrected chi connectivity index (χ2v) is 4.34. The fraction of sp³-hybridized carbons (Fsp3) is 0.636. The predicted octanol–water partition coefficient (Wildman–Crippen LogP) is -0.0361. The molecule has 6 heteroatoms. The van der Waals surface area contributed by atoms with E-state index in [-0.39, 0.29) is 6.04 Å².